The van der Waals surface area contributed by atoms with Crippen LogP contribution in [-0.2, 0) is 5.41 Å². The lowest BCUT2D eigenvalue weighted by atomic mass is 9.79. The Balaban J connectivity index is 1.13. The van der Waals surface area contributed by atoms with Crippen LogP contribution in [-0.4, -0.2) is 0 Å². The molecule has 0 saturated heterocycles. The van der Waals surface area contributed by atoms with Gasteiger partial charge in [-0.2, -0.15) is 0 Å². The van der Waals surface area contributed by atoms with Gasteiger partial charge in [0.2, 0.25) is 0 Å². The molecule has 57 heavy (non-hydrogen) atoms. The molecule has 0 amide bonds. The summed E-state index contributed by atoms with van der Waals surface area (Å²) in [6, 6.07) is 73.9. The fourth-order valence-corrected chi connectivity index (χ4v) is 10.5. The van der Waals surface area contributed by atoms with Crippen LogP contribution in [0.3, 0.4) is 0 Å². The first kappa shape index (κ1) is 33.6. The Morgan fingerprint density at radius 2 is 1.00 bits per heavy atom. The van der Waals surface area contributed by atoms with Gasteiger partial charge >= 0.3 is 0 Å². The standard InChI is InChI=1S/C55H39NS/c1-55(2)50-24-10-8-19-46(50)48-23-13-22-45(54(48)55)38-26-29-40(30-27-38)56(41-31-33-53-49(35-41)47-20-9-11-25-52(47)57-53)51-34-39(28-32-44(51)37-14-4-3-5-15-37)43-21-12-17-36-16-6-7-18-42(36)43/h3-35H,1-2H3. The van der Waals surface area contributed by atoms with Gasteiger partial charge in [-0.15, -0.1) is 11.3 Å². The van der Waals surface area contributed by atoms with E-state index in [2.05, 4.69) is 219 Å². The van der Waals surface area contributed by atoms with E-state index >= 15 is 0 Å². The number of rotatable bonds is 6. The van der Waals surface area contributed by atoms with Crippen molar-refractivity contribution in [3.8, 4) is 44.5 Å². The van der Waals surface area contributed by atoms with Crippen LogP contribution in [0.4, 0.5) is 17.1 Å². The zero-order valence-electron chi connectivity index (χ0n) is 31.9. The smallest absolute Gasteiger partial charge is 0.0546 e. The molecule has 0 N–H and O–H groups in total. The van der Waals surface area contributed by atoms with Gasteiger partial charge in [0, 0.05) is 42.5 Å². The van der Waals surface area contributed by atoms with Crippen molar-refractivity contribution in [3.63, 3.8) is 0 Å². The number of hydrogen-bond acceptors (Lipinski definition) is 2. The highest BCUT2D eigenvalue weighted by Crippen LogP contribution is 2.52. The van der Waals surface area contributed by atoms with Crippen LogP contribution in [0.15, 0.2) is 200 Å². The van der Waals surface area contributed by atoms with Gasteiger partial charge in [-0.25, -0.2) is 0 Å². The van der Waals surface area contributed by atoms with Gasteiger partial charge < -0.3 is 4.90 Å². The first-order valence-electron chi connectivity index (χ1n) is 19.8. The van der Waals surface area contributed by atoms with Crippen LogP contribution in [0.5, 0.6) is 0 Å². The van der Waals surface area contributed by atoms with Gasteiger partial charge in [0.15, 0.2) is 0 Å². The van der Waals surface area contributed by atoms with E-state index in [1.807, 2.05) is 11.3 Å². The summed E-state index contributed by atoms with van der Waals surface area (Å²) in [7, 11) is 0. The van der Waals surface area contributed by atoms with E-state index in [9.17, 15) is 0 Å². The minimum atomic E-state index is -0.0986. The number of hydrogen-bond donors (Lipinski definition) is 0. The highest BCUT2D eigenvalue weighted by Gasteiger charge is 2.37. The highest BCUT2D eigenvalue weighted by molar-refractivity contribution is 7.25. The predicted octanol–water partition coefficient (Wildman–Crippen LogP) is 16.0. The minimum absolute atomic E-state index is 0.0986. The SMILES string of the molecule is CC1(C)c2ccccc2-c2cccc(-c3ccc(N(c4ccc5sc6ccccc6c5c4)c4cc(-c5cccc6ccccc56)ccc4-c4ccccc4)cc3)c21. The van der Waals surface area contributed by atoms with Crippen LogP contribution < -0.4 is 4.90 Å². The van der Waals surface area contributed by atoms with Gasteiger partial charge in [-0.05, 0) is 103 Å². The maximum Gasteiger partial charge on any atom is 0.0546 e. The van der Waals surface area contributed by atoms with E-state index in [0.717, 1.165) is 17.1 Å². The molecule has 1 nitrogen and oxygen atoms in total. The fraction of sp³-hybridized carbons (Fsp3) is 0.0545. The first-order valence-corrected chi connectivity index (χ1v) is 20.6. The summed E-state index contributed by atoms with van der Waals surface area (Å²) in [5, 5.41) is 5.07. The van der Waals surface area contributed by atoms with Crippen molar-refractivity contribution in [2.24, 2.45) is 0 Å². The molecule has 0 saturated carbocycles. The summed E-state index contributed by atoms with van der Waals surface area (Å²) < 4.78 is 2.61. The molecule has 270 valence electrons. The van der Waals surface area contributed by atoms with E-state index in [0.29, 0.717) is 0 Å². The largest absolute Gasteiger partial charge is 0.310 e. The van der Waals surface area contributed by atoms with Gasteiger partial charge in [0.1, 0.15) is 0 Å². The van der Waals surface area contributed by atoms with Gasteiger partial charge in [-0.3, -0.25) is 0 Å². The Labute approximate surface area is 337 Å². The van der Waals surface area contributed by atoms with Crippen molar-refractivity contribution in [1.29, 1.82) is 0 Å². The molecule has 0 spiro atoms. The van der Waals surface area contributed by atoms with Crippen molar-refractivity contribution in [3.05, 3.63) is 211 Å². The molecule has 0 radical (unpaired) electrons. The number of anilines is 3. The molecular formula is C55H39NS. The van der Waals surface area contributed by atoms with Crippen molar-refractivity contribution in [2.45, 2.75) is 19.3 Å². The average Bonchev–Trinajstić information content (AvgIpc) is 3.75. The van der Waals surface area contributed by atoms with Gasteiger partial charge in [0.05, 0.1) is 5.69 Å². The second-order valence-electron chi connectivity index (χ2n) is 15.7. The fourth-order valence-electron chi connectivity index (χ4n) is 9.38. The van der Waals surface area contributed by atoms with Crippen LogP contribution >= 0.6 is 11.3 Å². The molecule has 2 heteroatoms. The predicted molar refractivity (Wildman–Crippen MR) is 245 cm³/mol. The monoisotopic (exact) mass is 745 g/mol. The number of nitrogens with zero attached hydrogens (tertiary/aromatic N) is 1. The molecule has 1 heterocycles. The summed E-state index contributed by atoms with van der Waals surface area (Å²) in [5.41, 5.74) is 16.1. The third-order valence-corrected chi connectivity index (χ3v) is 13.2. The minimum Gasteiger partial charge on any atom is -0.310 e. The van der Waals surface area contributed by atoms with Crippen molar-refractivity contribution in [2.75, 3.05) is 4.90 Å². The Bertz CT molecular complexity index is 3150. The van der Waals surface area contributed by atoms with Crippen LogP contribution in [0.25, 0.3) is 75.5 Å². The second-order valence-corrected chi connectivity index (χ2v) is 16.8. The molecule has 9 aromatic carbocycles. The first-order chi connectivity index (χ1) is 28.0. The highest BCUT2D eigenvalue weighted by atomic mass is 32.1. The topological polar surface area (TPSA) is 3.24 Å². The third kappa shape index (κ3) is 5.44. The lowest BCUT2D eigenvalue weighted by Crippen LogP contribution is -2.16. The van der Waals surface area contributed by atoms with E-state index < -0.39 is 0 Å². The summed E-state index contributed by atoms with van der Waals surface area (Å²) >= 11 is 1.86. The van der Waals surface area contributed by atoms with E-state index in [1.165, 1.54) is 86.6 Å². The molecule has 0 unspecified atom stereocenters. The van der Waals surface area contributed by atoms with E-state index in [4.69, 9.17) is 0 Å². The quantitative estimate of drug-likeness (QED) is 0.164. The molecule has 1 aliphatic rings. The Hall–Kier alpha value is -6.74. The lowest BCUT2D eigenvalue weighted by Gasteiger charge is -2.29. The molecule has 10 aromatic rings. The maximum absolute atomic E-state index is 2.47. The summed E-state index contributed by atoms with van der Waals surface area (Å²) in [6.45, 7) is 4.74. The maximum atomic E-state index is 2.47. The van der Waals surface area contributed by atoms with Crippen LogP contribution in [0, 0.1) is 0 Å². The number of thiophene rings is 1. The summed E-state index contributed by atoms with van der Waals surface area (Å²) in [6.07, 6.45) is 0. The molecule has 1 aliphatic carbocycles. The van der Waals surface area contributed by atoms with E-state index in [1.54, 1.807) is 0 Å². The Morgan fingerprint density at radius 1 is 0.386 bits per heavy atom. The zero-order valence-corrected chi connectivity index (χ0v) is 32.7. The van der Waals surface area contributed by atoms with Crippen molar-refractivity contribution < 1.29 is 0 Å². The second kappa shape index (κ2) is 13.2. The average molecular weight is 746 g/mol. The van der Waals surface area contributed by atoms with Gasteiger partial charge in [0.25, 0.3) is 0 Å². The number of benzene rings is 9. The molecule has 0 aliphatic heterocycles. The summed E-state index contributed by atoms with van der Waals surface area (Å²) in [4.78, 5) is 2.47. The van der Waals surface area contributed by atoms with E-state index in [-0.39, 0.29) is 5.41 Å². The molecule has 1 aromatic heterocycles. The lowest BCUT2D eigenvalue weighted by molar-refractivity contribution is 0.662. The third-order valence-electron chi connectivity index (χ3n) is 12.1. The summed E-state index contributed by atoms with van der Waals surface area (Å²) in [5.74, 6) is 0. The molecule has 0 fully saturated rings. The molecule has 0 atom stereocenters. The molecular weight excluding hydrogens is 707 g/mol. The van der Waals surface area contributed by atoms with Gasteiger partial charge in [-0.1, -0.05) is 172 Å². The van der Waals surface area contributed by atoms with Crippen molar-refractivity contribution >= 4 is 59.3 Å². The van der Waals surface area contributed by atoms with Crippen LogP contribution in [0.1, 0.15) is 25.0 Å². The van der Waals surface area contributed by atoms with Crippen molar-refractivity contribution in [1.82, 2.24) is 0 Å². The zero-order chi connectivity index (χ0) is 38.1. The van der Waals surface area contributed by atoms with Crippen LogP contribution in [0.2, 0.25) is 0 Å². The Kier molecular flexibility index (Phi) is 7.77. The number of fused-ring (bicyclic) bond motifs is 7. The normalized spacial score (nSPS) is 12.9. The molecule has 0 bridgehead atoms. The molecule has 11 rings (SSSR count). The Morgan fingerprint density at radius 3 is 1.88 bits per heavy atom.